The third-order valence-electron chi connectivity index (χ3n) is 3.13. The van der Waals surface area contributed by atoms with Crippen molar-refractivity contribution in [2.45, 2.75) is 19.5 Å². The molecule has 0 saturated heterocycles. The van der Waals surface area contributed by atoms with Crippen molar-refractivity contribution >= 4 is 22.5 Å². The lowest BCUT2D eigenvalue weighted by Gasteiger charge is -2.08. The molecule has 0 N–H and O–H groups in total. The van der Waals surface area contributed by atoms with Gasteiger partial charge in [0, 0.05) is 6.20 Å². The van der Waals surface area contributed by atoms with Crippen molar-refractivity contribution in [3.05, 3.63) is 51.5 Å². The topological polar surface area (TPSA) is 65.6 Å². The zero-order valence-corrected chi connectivity index (χ0v) is 11.9. The number of benzene rings is 1. The number of hydrogen-bond acceptors (Lipinski definition) is 4. The van der Waals surface area contributed by atoms with E-state index in [2.05, 4.69) is 15.4 Å². The lowest BCUT2D eigenvalue weighted by Crippen LogP contribution is -2.26. The summed E-state index contributed by atoms with van der Waals surface area (Å²) in [6.45, 7) is -0.537. The van der Waals surface area contributed by atoms with E-state index >= 15 is 0 Å². The fraction of sp³-hybridized carbons (Fsp3) is 0.231. The fourth-order valence-corrected chi connectivity index (χ4v) is 2.33. The van der Waals surface area contributed by atoms with Crippen molar-refractivity contribution in [3.63, 3.8) is 0 Å². The van der Waals surface area contributed by atoms with Crippen molar-refractivity contribution in [1.82, 2.24) is 24.8 Å². The van der Waals surface area contributed by atoms with Crippen LogP contribution in [-0.4, -0.2) is 31.2 Å². The highest BCUT2D eigenvalue weighted by atomic mass is 35.5. The highest BCUT2D eigenvalue weighted by Gasteiger charge is 2.13. The number of fused-ring (bicyclic) bond motifs is 1. The van der Waals surface area contributed by atoms with Crippen LogP contribution in [0.4, 0.5) is 8.78 Å². The fourth-order valence-electron chi connectivity index (χ4n) is 2.11. The highest BCUT2D eigenvalue weighted by molar-refractivity contribution is 6.34. The van der Waals surface area contributed by atoms with Crippen LogP contribution in [0.3, 0.4) is 0 Å². The zero-order chi connectivity index (χ0) is 15.7. The van der Waals surface area contributed by atoms with Gasteiger partial charge in [-0.2, -0.15) is 5.10 Å². The highest BCUT2D eigenvalue weighted by Crippen LogP contribution is 2.17. The SMILES string of the molecule is O=c1c2cccc(Cl)c2nnn1Cc1ccnn1CC(F)F. The first-order valence-electron chi connectivity index (χ1n) is 6.37. The standard InChI is InChI=1S/C13H10ClF2N5O/c14-10-3-1-2-9-12(10)18-19-21(13(9)22)6-8-4-5-17-20(8)7-11(15)16/h1-5,11H,6-7H2. The predicted molar refractivity (Wildman–Crippen MR) is 76.1 cm³/mol. The molecular weight excluding hydrogens is 316 g/mol. The minimum atomic E-state index is -2.53. The van der Waals surface area contributed by atoms with Crippen LogP contribution < -0.4 is 5.56 Å². The maximum Gasteiger partial charge on any atom is 0.278 e. The molecule has 0 aliphatic rings. The number of rotatable bonds is 4. The summed E-state index contributed by atoms with van der Waals surface area (Å²) in [6, 6.07) is 6.39. The Balaban J connectivity index is 2.00. The van der Waals surface area contributed by atoms with Crippen LogP contribution in [0, 0.1) is 0 Å². The summed E-state index contributed by atoms with van der Waals surface area (Å²) in [6.07, 6.45) is -1.13. The first-order chi connectivity index (χ1) is 10.6. The van der Waals surface area contributed by atoms with Gasteiger partial charge in [0.2, 0.25) is 0 Å². The Labute approximate surface area is 127 Å². The normalized spacial score (nSPS) is 11.5. The third-order valence-corrected chi connectivity index (χ3v) is 3.44. The molecule has 6 nitrogen and oxygen atoms in total. The Bertz CT molecular complexity index is 876. The molecule has 114 valence electrons. The van der Waals surface area contributed by atoms with Crippen LogP contribution in [0.15, 0.2) is 35.3 Å². The van der Waals surface area contributed by atoms with Gasteiger partial charge in [0.15, 0.2) is 0 Å². The quantitative estimate of drug-likeness (QED) is 0.735. The van der Waals surface area contributed by atoms with Crippen molar-refractivity contribution in [3.8, 4) is 0 Å². The summed E-state index contributed by atoms with van der Waals surface area (Å²) in [5, 5.41) is 12.2. The second kappa shape index (κ2) is 5.80. The van der Waals surface area contributed by atoms with Crippen LogP contribution in [0.5, 0.6) is 0 Å². The van der Waals surface area contributed by atoms with E-state index in [0.29, 0.717) is 21.6 Å². The van der Waals surface area contributed by atoms with Crippen molar-refractivity contribution in [1.29, 1.82) is 0 Å². The van der Waals surface area contributed by atoms with E-state index in [1.165, 1.54) is 6.20 Å². The van der Waals surface area contributed by atoms with Crippen LogP contribution >= 0.6 is 11.6 Å². The van der Waals surface area contributed by atoms with Crippen LogP contribution in [-0.2, 0) is 13.1 Å². The van der Waals surface area contributed by atoms with Gasteiger partial charge in [-0.25, -0.2) is 13.5 Å². The van der Waals surface area contributed by atoms with Crippen LogP contribution in [0.2, 0.25) is 5.02 Å². The number of alkyl halides is 2. The number of nitrogens with zero attached hydrogens (tertiary/aromatic N) is 5. The lowest BCUT2D eigenvalue weighted by atomic mass is 10.2. The molecule has 1 aromatic carbocycles. The number of halogens is 3. The van der Waals surface area contributed by atoms with Gasteiger partial charge in [-0.3, -0.25) is 9.48 Å². The minimum absolute atomic E-state index is 0.000999. The molecule has 22 heavy (non-hydrogen) atoms. The van der Waals surface area contributed by atoms with Gasteiger partial charge < -0.3 is 0 Å². The molecule has 3 aromatic rings. The maximum absolute atomic E-state index is 12.5. The molecule has 0 aliphatic carbocycles. The third kappa shape index (κ3) is 2.69. The Kier molecular flexibility index (Phi) is 3.84. The summed E-state index contributed by atoms with van der Waals surface area (Å²) in [4.78, 5) is 12.4. The summed E-state index contributed by atoms with van der Waals surface area (Å²) in [5.74, 6) is 0. The van der Waals surface area contributed by atoms with Gasteiger partial charge in [0.25, 0.3) is 12.0 Å². The van der Waals surface area contributed by atoms with Crippen LogP contribution in [0.1, 0.15) is 5.69 Å². The van der Waals surface area contributed by atoms with E-state index in [1.54, 1.807) is 24.3 Å². The van der Waals surface area contributed by atoms with E-state index in [4.69, 9.17) is 11.6 Å². The van der Waals surface area contributed by atoms with Crippen molar-refractivity contribution in [2.75, 3.05) is 0 Å². The Morgan fingerprint density at radius 3 is 2.82 bits per heavy atom. The molecule has 0 unspecified atom stereocenters. The molecule has 2 aromatic heterocycles. The largest absolute Gasteiger partial charge is 0.278 e. The smallest absolute Gasteiger partial charge is 0.267 e. The molecule has 0 amide bonds. The van der Waals surface area contributed by atoms with Gasteiger partial charge in [-0.15, -0.1) is 5.10 Å². The Morgan fingerprint density at radius 2 is 2.05 bits per heavy atom. The van der Waals surface area contributed by atoms with Gasteiger partial charge in [0.05, 0.1) is 22.6 Å². The lowest BCUT2D eigenvalue weighted by molar-refractivity contribution is 0.120. The van der Waals surface area contributed by atoms with E-state index in [9.17, 15) is 13.6 Å². The van der Waals surface area contributed by atoms with Crippen molar-refractivity contribution < 1.29 is 8.78 Å². The molecule has 0 bridgehead atoms. The minimum Gasteiger partial charge on any atom is -0.267 e. The monoisotopic (exact) mass is 325 g/mol. The van der Waals surface area contributed by atoms with Gasteiger partial charge in [-0.1, -0.05) is 22.9 Å². The molecule has 0 atom stereocenters. The number of hydrogen-bond donors (Lipinski definition) is 0. The molecule has 9 heteroatoms. The Morgan fingerprint density at radius 1 is 1.23 bits per heavy atom. The van der Waals surface area contributed by atoms with Crippen molar-refractivity contribution in [2.24, 2.45) is 0 Å². The van der Waals surface area contributed by atoms with E-state index in [1.807, 2.05) is 0 Å². The zero-order valence-electron chi connectivity index (χ0n) is 11.2. The second-order valence-electron chi connectivity index (χ2n) is 4.58. The maximum atomic E-state index is 12.5. The summed E-state index contributed by atoms with van der Waals surface area (Å²) in [7, 11) is 0. The van der Waals surface area contributed by atoms with E-state index < -0.39 is 18.5 Å². The second-order valence-corrected chi connectivity index (χ2v) is 4.99. The average Bonchev–Trinajstić information content (AvgIpc) is 2.89. The molecule has 0 aliphatic heterocycles. The first-order valence-corrected chi connectivity index (χ1v) is 6.75. The molecule has 0 fully saturated rings. The molecular formula is C13H10ClF2N5O. The summed E-state index contributed by atoms with van der Waals surface area (Å²) < 4.78 is 27.2. The molecule has 0 spiro atoms. The summed E-state index contributed by atoms with van der Waals surface area (Å²) >= 11 is 5.96. The van der Waals surface area contributed by atoms with E-state index in [0.717, 1.165) is 9.36 Å². The Hall–Kier alpha value is -2.35. The summed E-state index contributed by atoms with van der Waals surface area (Å²) in [5.41, 5.74) is 0.363. The average molecular weight is 326 g/mol. The van der Waals surface area contributed by atoms with Gasteiger partial charge in [0.1, 0.15) is 12.1 Å². The first kappa shape index (κ1) is 14.6. The predicted octanol–water partition coefficient (Wildman–Crippen LogP) is 1.95. The van der Waals surface area contributed by atoms with Crippen LogP contribution in [0.25, 0.3) is 10.9 Å². The number of aromatic nitrogens is 5. The van der Waals surface area contributed by atoms with E-state index in [-0.39, 0.29) is 6.54 Å². The molecule has 0 radical (unpaired) electrons. The molecule has 3 rings (SSSR count). The van der Waals surface area contributed by atoms with Gasteiger partial charge in [-0.05, 0) is 18.2 Å². The molecule has 0 saturated carbocycles. The van der Waals surface area contributed by atoms with Gasteiger partial charge >= 0.3 is 0 Å². The molecule has 2 heterocycles.